The fourth-order valence-electron chi connectivity index (χ4n) is 1.90. The van der Waals surface area contributed by atoms with E-state index in [1.54, 1.807) is 7.11 Å². The van der Waals surface area contributed by atoms with Gasteiger partial charge in [-0.15, -0.1) is 0 Å². The summed E-state index contributed by atoms with van der Waals surface area (Å²) in [5.41, 5.74) is 5.47. The molecule has 0 unspecified atom stereocenters. The number of rotatable bonds is 6. The molecule has 0 saturated carbocycles. The van der Waals surface area contributed by atoms with Crippen molar-refractivity contribution in [3.63, 3.8) is 0 Å². The first kappa shape index (κ1) is 12.6. The SMILES string of the molecule is COc1ccc2c(NCCCCN)nccc2c1. The van der Waals surface area contributed by atoms with E-state index in [2.05, 4.69) is 10.3 Å². The number of unbranched alkanes of at least 4 members (excludes halogenated alkanes) is 1. The van der Waals surface area contributed by atoms with Gasteiger partial charge < -0.3 is 15.8 Å². The Kier molecular flexibility index (Phi) is 4.36. The summed E-state index contributed by atoms with van der Waals surface area (Å²) in [6.07, 6.45) is 3.91. The first-order valence-electron chi connectivity index (χ1n) is 6.22. The largest absolute Gasteiger partial charge is 0.497 e. The van der Waals surface area contributed by atoms with Crippen LogP contribution < -0.4 is 15.8 Å². The van der Waals surface area contributed by atoms with Crippen LogP contribution in [0.2, 0.25) is 0 Å². The molecule has 1 aromatic carbocycles. The van der Waals surface area contributed by atoms with Crippen molar-refractivity contribution in [3.8, 4) is 5.75 Å². The molecule has 3 N–H and O–H groups in total. The highest BCUT2D eigenvalue weighted by Gasteiger charge is 2.02. The third kappa shape index (κ3) is 2.90. The van der Waals surface area contributed by atoms with Crippen molar-refractivity contribution in [2.24, 2.45) is 5.73 Å². The average Bonchev–Trinajstić information content (AvgIpc) is 2.43. The zero-order valence-electron chi connectivity index (χ0n) is 10.6. The lowest BCUT2D eigenvalue weighted by Crippen LogP contribution is -2.06. The van der Waals surface area contributed by atoms with Gasteiger partial charge in [-0.1, -0.05) is 0 Å². The fraction of sp³-hybridized carbons (Fsp3) is 0.357. The smallest absolute Gasteiger partial charge is 0.133 e. The maximum atomic E-state index is 5.47. The summed E-state index contributed by atoms with van der Waals surface area (Å²) in [4.78, 5) is 4.38. The van der Waals surface area contributed by atoms with E-state index >= 15 is 0 Å². The molecule has 0 atom stereocenters. The first-order chi connectivity index (χ1) is 8.85. The molecule has 1 aromatic heterocycles. The number of hydrogen-bond acceptors (Lipinski definition) is 4. The van der Waals surface area contributed by atoms with Crippen LogP contribution >= 0.6 is 0 Å². The molecule has 2 rings (SSSR count). The third-order valence-electron chi connectivity index (χ3n) is 2.89. The second kappa shape index (κ2) is 6.21. The lowest BCUT2D eigenvalue weighted by Gasteiger charge is -2.09. The van der Waals surface area contributed by atoms with E-state index in [-0.39, 0.29) is 0 Å². The van der Waals surface area contributed by atoms with Gasteiger partial charge in [0, 0.05) is 18.1 Å². The topological polar surface area (TPSA) is 60.2 Å². The highest BCUT2D eigenvalue weighted by Crippen LogP contribution is 2.25. The molecule has 0 aliphatic carbocycles. The van der Waals surface area contributed by atoms with Crippen LogP contribution in [0.25, 0.3) is 10.8 Å². The van der Waals surface area contributed by atoms with Crippen molar-refractivity contribution in [2.45, 2.75) is 12.8 Å². The number of methoxy groups -OCH3 is 1. The van der Waals surface area contributed by atoms with Gasteiger partial charge in [0.2, 0.25) is 0 Å². The summed E-state index contributed by atoms with van der Waals surface area (Å²) in [6.45, 7) is 1.64. The van der Waals surface area contributed by atoms with Gasteiger partial charge in [0.05, 0.1) is 7.11 Å². The fourth-order valence-corrected chi connectivity index (χ4v) is 1.90. The molecular weight excluding hydrogens is 226 g/mol. The van der Waals surface area contributed by atoms with Gasteiger partial charge >= 0.3 is 0 Å². The van der Waals surface area contributed by atoms with Crippen molar-refractivity contribution in [1.29, 1.82) is 0 Å². The normalized spacial score (nSPS) is 10.6. The van der Waals surface area contributed by atoms with Crippen LogP contribution in [0.5, 0.6) is 5.75 Å². The number of pyridine rings is 1. The van der Waals surface area contributed by atoms with Crippen molar-refractivity contribution in [3.05, 3.63) is 30.5 Å². The molecule has 18 heavy (non-hydrogen) atoms. The molecule has 2 aromatic rings. The molecule has 0 aliphatic heterocycles. The maximum absolute atomic E-state index is 5.47. The van der Waals surface area contributed by atoms with Gasteiger partial charge in [0.1, 0.15) is 11.6 Å². The number of nitrogens with two attached hydrogens (primary N) is 1. The zero-order chi connectivity index (χ0) is 12.8. The van der Waals surface area contributed by atoms with Crippen molar-refractivity contribution < 1.29 is 4.74 Å². The van der Waals surface area contributed by atoms with Gasteiger partial charge in [-0.25, -0.2) is 4.98 Å². The molecule has 1 heterocycles. The Bertz CT molecular complexity index is 513. The average molecular weight is 245 g/mol. The van der Waals surface area contributed by atoms with Crippen molar-refractivity contribution in [2.75, 3.05) is 25.5 Å². The predicted molar refractivity (Wildman–Crippen MR) is 75.1 cm³/mol. The molecule has 0 aliphatic rings. The summed E-state index contributed by atoms with van der Waals surface area (Å²) < 4.78 is 5.22. The first-order valence-corrected chi connectivity index (χ1v) is 6.22. The standard InChI is InChI=1S/C14H19N3O/c1-18-12-4-5-13-11(10-12)6-9-17-14(13)16-8-3-2-7-15/h4-6,9-10H,2-3,7-8,15H2,1H3,(H,16,17). The number of ether oxygens (including phenoxy) is 1. The van der Waals surface area contributed by atoms with E-state index in [1.807, 2.05) is 30.5 Å². The van der Waals surface area contributed by atoms with Gasteiger partial charge in [0.25, 0.3) is 0 Å². The minimum absolute atomic E-state index is 0.738. The molecule has 0 saturated heterocycles. The lowest BCUT2D eigenvalue weighted by atomic mass is 10.1. The summed E-state index contributed by atoms with van der Waals surface area (Å²) in [7, 11) is 1.67. The van der Waals surface area contributed by atoms with E-state index < -0.39 is 0 Å². The van der Waals surface area contributed by atoms with Crippen LogP contribution in [0.3, 0.4) is 0 Å². The van der Waals surface area contributed by atoms with Gasteiger partial charge in [0.15, 0.2) is 0 Å². The number of nitrogens with zero attached hydrogens (tertiary/aromatic N) is 1. The van der Waals surface area contributed by atoms with E-state index in [0.717, 1.165) is 48.3 Å². The van der Waals surface area contributed by atoms with Gasteiger partial charge in [-0.2, -0.15) is 0 Å². The van der Waals surface area contributed by atoms with Crippen molar-refractivity contribution in [1.82, 2.24) is 4.98 Å². The summed E-state index contributed by atoms with van der Waals surface area (Å²) in [5, 5.41) is 5.60. The van der Waals surface area contributed by atoms with E-state index in [0.29, 0.717) is 0 Å². The van der Waals surface area contributed by atoms with Crippen LogP contribution in [0.15, 0.2) is 30.5 Å². The Labute approximate surface area is 107 Å². The lowest BCUT2D eigenvalue weighted by molar-refractivity contribution is 0.415. The van der Waals surface area contributed by atoms with E-state index in [4.69, 9.17) is 10.5 Å². The Morgan fingerprint density at radius 1 is 1.28 bits per heavy atom. The second-order valence-corrected chi connectivity index (χ2v) is 4.17. The summed E-state index contributed by atoms with van der Waals surface area (Å²) in [6, 6.07) is 7.99. The monoisotopic (exact) mass is 245 g/mol. The Morgan fingerprint density at radius 2 is 2.17 bits per heavy atom. The predicted octanol–water partition coefficient (Wildman–Crippen LogP) is 2.39. The highest BCUT2D eigenvalue weighted by atomic mass is 16.5. The van der Waals surface area contributed by atoms with Crippen molar-refractivity contribution >= 4 is 16.6 Å². The second-order valence-electron chi connectivity index (χ2n) is 4.17. The zero-order valence-corrected chi connectivity index (χ0v) is 10.6. The van der Waals surface area contributed by atoms with Gasteiger partial charge in [-0.3, -0.25) is 0 Å². The molecule has 96 valence electrons. The number of nitrogens with one attached hydrogen (secondary N) is 1. The molecule has 0 amide bonds. The molecule has 0 spiro atoms. The van der Waals surface area contributed by atoms with E-state index in [9.17, 15) is 0 Å². The Balaban J connectivity index is 2.17. The molecule has 0 fully saturated rings. The van der Waals surface area contributed by atoms with Crippen LogP contribution in [0, 0.1) is 0 Å². The molecule has 4 nitrogen and oxygen atoms in total. The summed E-state index contributed by atoms with van der Waals surface area (Å²) >= 11 is 0. The van der Waals surface area contributed by atoms with Crippen LogP contribution in [0.4, 0.5) is 5.82 Å². The minimum atomic E-state index is 0.738. The highest BCUT2D eigenvalue weighted by molar-refractivity contribution is 5.92. The third-order valence-corrected chi connectivity index (χ3v) is 2.89. The number of anilines is 1. The Morgan fingerprint density at radius 3 is 2.94 bits per heavy atom. The molecule has 0 bridgehead atoms. The van der Waals surface area contributed by atoms with Crippen LogP contribution in [-0.2, 0) is 0 Å². The number of fused-ring (bicyclic) bond motifs is 1. The molecular formula is C14H19N3O. The number of aromatic nitrogens is 1. The molecule has 4 heteroatoms. The Hall–Kier alpha value is -1.81. The minimum Gasteiger partial charge on any atom is -0.497 e. The number of hydrogen-bond donors (Lipinski definition) is 2. The number of benzene rings is 1. The quantitative estimate of drug-likeness (QED) is 0.767. The maximum Gasteiger partial charge on any atom is 0.133 e. The van der Waals surface area contributed by atoms with Gasteiger partial charge in [-0.05, 0) is 49.0 Å². The molecule has 0 radical (unpaired) electrons. The van der Waals surface area contributed by atoms with E-state index in [1.165, 1.54) is 0 Å². The summed E-state index contributed by atoms with van der Waals surface area (Å²) in [5.74, 6) is 1.79. The van der Waals surface area contributed by atoms with Crippen LogP contribution in [-0.4, -0.2) is 25.2 Å². The van der Waals surface area contributed by atoms with Crippen LogP contribution in [0.1, 0.15) is 12.8 Å².